The highest BCUT2D eigenvalue weighted by Crippen LogP contribution is 2.39. The quantitative estimate of drug-likeness (QED) is 0.596. The molecule has 4 rings (SSSR count). The standard InChI is InChI=1S/C23H25ClN2O2/c1-27-19-9-10-22(28-2)20(15-19)23-21-8-4-11-25(21)12-5-13-26(23)16-17-6-3-7-18(24)14-17/h3-4,6-11,14-15,23H,5,12-13,16H2,1-2H3. The van der Waals surface area contributed by atoms with E-state index in [0.717, 1.165) is 48.1 Å². The van der Waals surface area contributed by atoms with Gasteiger partial charge in [0.2, 0.25) is 0 Å². The molecule has 1 atom stereocenters. The molecule has 0 fully saturated rings. The van der Waals surface area contributed by atoms with E-state index in [0.29, 0.717) is 0 Å². The van der Waals surface area contributed by atoms with E-state index in [1.165, 1.54) is 11.3 Å². The molecule has 0 saturated heterocycles. The Morgan fingerprint density at radius 1 is 1.00 bits per heavy atom. The Morgan fingerprint density at radius 2 is 1.89 bits per heavy atom. The molecule has 1 unspecified atom stereocenters. The fourth-order valence-electron chi connectivity index (χ4n) is 4.09. The first-order chi connectivity index (χ1) is 13.7. The number of fused-ring (bicyclic) bond motifs is 1. The monoisotopic (exact) mass is 396 g/mol. The number of aryl methyl sites for hydroxylation is 1. The van der Waals surface area contributed by atoms with Gasteiger partial charge in [0.05, 0.1) is 20.3 Å². The van der Waals surface area contributed by atoms with E-state index in [2.05, 4.69) is 39.9 Å². The average Bonchev–Trinajstić information content (AvgIpc) is 3.09. The van der Waals surface area contributed by atoms with Crippen molar-refractivity contribution in [1.29, 1.82) is 0 Å². The molecule has 5 heteroatoms. The molecular weight excluding hydrogens is 372 g/mol. The number of rotatable bonds is 5. The van der Waals surface area contributed by atoms with E-state index in [9.17, 15) is 0 Å². The number of hydrogen-bond acceptors (Lipinski definition) is 3. The fraction of sp³-hybridized carbons (Fsp3) is 0.304. The van der Waals surface area contributed by atoms with Crippen molar-refractivity contribution in [2.75, 3.05) is 20.8 Å². The van der Waals surface area contributed by atoms with Crippen LogP contribution in [0.4, 0.5) is 0 Å². The Morgan fingerprint density at radius 3 is 2.68 bits per heavy atom. The molecule has 2 aromatic carbocycles. The van der Waals surface area contributed by atoms with Crippen LogP contribution < -0.4 is 9.47 Å². The Hall–Kier alpha value is -2.43. The summed E-state index contributed by atoms with van der Waals surface area (Å²) < 4.78 is 13.6. The molecule has 0 amide bonds. The highest BCUT2D eigenvalue weighted by Gasteiger charge is 2.30. The van der Waals surface area contributed by atoms with Crippen LogP contribution in [-0.4, -0.2) is 30.2 Å². The molecule has 0 aliphatic carbocycles. The van der Waals surface area contributed by atoms with Gasteiger partial charge in [0.25, 0.3) is 0 Å². The molecule has 28 heavy (non-hydrogen) atoms. The first kappa shape index (κ1) is 18.9. The fourth-order valence-corrected chi connectivity index (χ4v) is 4.30. The van der Waals surface area contributed by atoms with E-state index in [1.807, 2.05) is 30.3 Å². The molecule has 0 N–H and O–H groups in total. The molecule has 1 aromatic heterocycles. The van der Waals surface area contributed by atoms with Gasteiger partial charge in [-0.2, -0.15) is 0 Å². The van der Waals surface area contributed by atoms with E-state index in [1.54, 1.807) is 14.2 Å². The minimum atomic E-state index is 0.0709. The summed E-state index contributed by atoms with van der Waals surface area (Å²) in [6.07, 6.45) is 3.25. The van der Waals surface area contributed by atoms with Crippen LogP contribution in [0.3, 0.4) is 0 Å². The van der Waals surface area contributed by atoms with Crippen LogP contribution >= 0.6 is 11.6 Å². The third kappa shape index (κ3) is 3.75. The van der Waals surface area contributed by atoms with Crippen LogP contribution in [0.1, 0.15) is 29.3 Å². The smallest absolute Gasteiger partial charge is 0.124 e. The summed E-state index contributed by atoms with van der Waals surface area (Å²) in [6.45, 7) is 2.81. The van der Waals surface area contributed by atoms with Gasteiger partial charge in [-0.05, 0) is 54.4 Å². The minimum Gasteiger partial charge on any atom is -0.497 e. The van der Waals surface area contributed by atoms with Crippen LogP contribution in [0, 0.1) is 0 Å². The molecule has 0 spiro atoms. The van der Waals surface area contributed by atoms with Crippen LogP contribution in [0.15, 0.2) is 60.8 Å². The molecule has 2 heterocycles. The first-order valence-corrected chi connectivity index (χ1v) is 9.93. The van der Waals surface area contributed by atoms with Crippen LogP contribution in [-0.2, 0) is 13.1 Å². The highest BCUT2D eigenvalue weighted by molar-refractivity contribution is 6.30. The summed E-state index contributed by atoms with van der Waals surface area (Å²) in [5.41, 5.74) is 3.59. The van der Waals surface area contributed by atoms with Gasteiger partial charge in [0.15, 0.2) is 0 Å². The summed E-state index contributed by atoms with van der Waals surface area (Å²) in [5, 5.41) is 0.770. The molecule has 0 saturated carbocycles. The predicted molar refractivity (Wildman–Crippen MR) is 112 cm³/mol. The van der Waals surface area contributed by atoms with Crippen molar-refractivity contribution in [3.63, 3.8) is 0 Å². The van der Waals surface area contributed by atoms with Gasteiger partial charge in [-0.1, -0.05) is 23.7 Å². The van der Waals surface area contributed by atoms with Crippen LogP contribution in [0.25, 0.3) is 0 Å². The number of methoxy groups -OCH3 is 2. The van der Waals surface area contributed by atoms with Crippen molar-refractivity contribution >= 4 is 11.6 Å². The summed E-state index contributed by atoms with van der Waals surface area (Å²) in [4.78, 5) is 2.50. The second-order valence-electron chi connectivity index (χ2n) is 7.09. The zero-order valence-corrected chi connectivity index (χ0v) is 17.0. The average molecular weight is 397 g/mol. The minimum absolute atomic E-state index is 0.0709. The summed E-state index contributed by atoms with van der Waals surface area (Å²) >= 11 is 6.24. The topological polar surface area (TPSA) is 26.6 Å². The van der Waals surface area contributed by atoms with Gasteiger partial charge in [-0.15, -0.1) is 0 Å². The summed E-state index contributed by atoms with van der Waals surface area (Å²) in [7, 11) is 3.42. The maximum atomic E-state index is 6.24. The molecule has 1 aliphatic heterocycles. The van der Waals surface area contributed by atoms with Gasteiger partial charge < -0.3 is 14.0 Å². The van der Waals surface area contributed by atoms with Crippen molar-refractivity contribution < 1.29 is 9.47 Å². The molecule has 146 valence electrons. The van der Waals surface area contributed by atoms with Crippen molar-refractivity contribution in [2.45, 2.75) is 25.6 Å². The van der Waals surface area contributed by atoms with E-state index < -0.39 is 0 Å². The molecule has 0 bridgehead atoms. The lowest BCUT2D eigenvalue weighted by Gasteiger charge is -2.31. The number of ether oxygens (including phenoxy) is 2. The van der Waals surface area contributed by atoms with Crippen LogP contribution in [0.5, 0.6) is 11.5 Å². The Bertz CT molecular complexity index is 953. The normalized spacial score (nSPS) is 17.0. The van der Waals surface area contributed by atoms with Crippen LogP contribution in [0.2, 0.25) is 5.02 Å². The molecule has 3 aromatic rings. The molecule has 4 nitrogen and oxygen atoms in total. The number of aromatic nitrogens is 1. The van der Waals surface area contributed by atoms with E-state index >= 15 is 0 Å². The third-order valence-electron chi connectivity index (χ3n) is 5.36. The maximum absolute atomic E-state index is 6.24. The van der Waals surface area contributed by atoms with Gasteiger partial charge in [0.1, 0.15) is 11.5 Å². The second-order valence-corrected chi connectivity index (χ2v) is 7.53. The zero-order chi connectivity index (χ0) is 19.5. The molecule has 0 radical (unpaired) electrons. The SMILES string of the molecule is COc1ccc(OC)c(C2c3cccn3CCCN2Cc2cccc(Cl)c2)c1. The number of hydrogen-bond donors (Lipinski definition) is 0. The second kappa shape index (κ2) is 8.29. The number of benzene rings is 2. The van der Waals surface area contributed by atoms with Crippen molar-refractivity contribution in [1.82, 2.24) is 9.47 Å². The lowest BCUT2D eigenvalue weighted by Crippen LogP contribution is -2.29. The largest absolute Gasteiger partial charge is 0.497 e. The van der Waals surface area contributed by atoms with E-state index in [-0.39, 0.29) is 6.04 Å². The molecular formula is C23H25ClN2O2. The highest BCUT2D eigenvalue weighted by atomic mass is 35.5. The number of halogens is 1. The lowest BCUT2D eigenvalue weighted by atomic mass is 9.99. The predicted octanol–water partition coefficient (Wildman–Crippen LogP) is 5.15. The Balaban J connectivity index is 1.81. The first-order valence-electron chi connectivity index (χ1n) is 9.55. The zero-order valence-electron chi connectivity index (χ0n) is 16.3. The van der Waals surface area contributed by atoms with Gasteiger partial charge >= 0.3 is 0 Å². The van der Waals surface area contributed by atoms with Gasteiger partial charge in [-0.25, -0.2) is 0 Å². The maximum Gasteiger partial charge on any atom is 0.124 e. The Kier molecular flexibility index (Phi) is 5.60. The van der Waals surface area contributed by atoms with Crippen molar-refractivity contribution in [2.24, 2.45) is 0 Å². The van der Waals surface area contributed by atoms with Gasteiger partial charge in [-0.3, -0.25) is 4.90 Å². The van der Waals surface area contributed by atoms with E-state index in [4.69, 9.17) is 21.1 Å². The van der Waals surface area contributed by atoms with Crippen molar-refractivity contribution in [3.8, 4) is 11.5 Å². The summed E-state index contributed by atoms with van der Waals surface area (Å²) in [5.74, 6) is 1.71. The lowest BCUT2D eigenvalue weighted by molar-refractivity contribution is 0.216. The number of nitrogens with zero attached hydrogens (tertiary/aromatic N) is 2. The summed E-state index contributed by atoms with van der Waals surface area (Å²) in [6, 6.07) is 18.5. The Labute approximate surface area is 171 Å². The third-order valence-corrected chi connectivity index (χ3v) is 5.60. The molecule has 1 aliphatic rings. The van der Waals surface area contributed by atoms with Crippen molar-refractivity contribution in [3.05, 3.63) is 82.6 Å². The van der Waals surface area contributed by atoms with Gasteiger partial charge in [0, 0.05) is 42.1 Å².